The number of carbonyl (C=O) groups excluding carboxylic acids is 1. The molecule has 0 fully saturated rings. The monoisotopic (exact) mass is 362 g/mol. The Hall–Kier alpha value is -1.94. The average molecular weight is 362 g/mol. The highest BCUT2D eigenvalue weighted by Gasteiger charge is 2.39. The first kappa shape index (κ1) is 19.4. The van der Waals surface area contributed by atoms with E-state index in [-0.39, 0.29) is 19.6 Å². The van der Waals surface area contributed by atoms with E-state index in [4.69, 9.17) is 13.8 Å². The average Bonchev–Trinajstić information content (AvgIpc) is 2.63. The van der Waals surface area contributed by atoms with E-state index in [1.807, 2.05) is 36.4 Å². The number of rotatable bonds is 9. The van der Waals surface area contributed by atoms with Gasteiger partial charge in [0.1, 0.15) is 0 Å². The highest BCUT2D eigenvalue weighted by Crippen LogP contribution is 2.54. The largest absolute Gasteiger partial charge is 0.445 e. The van der Waals surface area contributed by atoms with Crippen LogP contribution in [0.25, 0.3) is 0 Å². The second kappa shape index (κ2) is 9.52. The zero-order valence-electron chi connectivity index (χ0n) is 14.5. The molecule has 1 atom stereocenters. The predicted molar refractivity (Wildman–Crippen MR) is 96.7 cm³/mol. The maximum atomic E-state index is 13.2. The van der Waals surface area contributed by atoms with Gasteiger partial charge in [-0.1, -0.05) is 48.5 Å². The van der Waals surface area contributed by atoms with Crippen molar-refractivity contribution in [1.82, 2.24) is 0 Å². The van der Waals surface area contributed by atoms with Crippen LogP contribution in [0.4, 0.5) is 0 Å². The molecule has 0 aliphatic carbocycles. The van der Waals surface area contributed by atoms with Gasteiger partial charge in [-0.25, -0.2) is 4.79 Å². The Bertz CT molecular complexity index is 692. The summed E-state index contributed by atoms with van der Waals surface area (Å²) in [5.41, 5.74) is 1.27. The molecular weight excluding hydrogens is 339 g/mol. The van der Waals surface area contributed by atoms with Gasteiger partial charge < -0.3 is 13.8 Å². The van der Waals surface area contributed by atoms with Gasteiger partial charge in [0.2, 0.25) is 5.85 Å². The van der Waals surface area contributed by atoms with Crippen molar-refractivity contribution in [2.75, 3.05) is 13.2 Å². The van der Waals surface area contributed by atoms with Gasteiger partial charge in [-0.05, 0) is 31.5 Å². The second-order valence-electron chi connectivity index (χ2n) is 5.29. The van der Waals surface area contributed by atoms with Crippen molar-refractivity contribution in [3.63, 3.8) is 0 Å². The number of hydrogen-bond donors (Lipinski definition) is 0. The maximum absolute atomic E-state index is 13.2. The molecule has 0 saturated carbocycles. The first-order valence-corrected chi connectivity index (χ1v) is 9.89. The normalized spacial score (nSPS) is 12.6. The van der Waals surface area contributed by atoms with E-state index in [0.29, 0.717) is 5.56 Å². The number of ether oxygens (including phenoxy) is 1. The smallest absolute Gasteiger partial charge is 0.371 e. The maximum Gasteiger partial charge on any atom is 0.371 e. The van der Waals surface area contributed by atoms with Crippen molar-refractivity contribution < 1.29 is 23.1 Å². The summed E-state index contributed by atoms with van der Waals surface area (Å²) in [5.74, 6) is -1.57. The molecule has 0 aromatic heterocycles. The van der Waals surface area contributed by atoms with Crippen LogP contribution < -0.4 is 0 Å². The second-order valence-corrected chi connectivity index (χ2v) is 7.46. The van der Waals surface area contributed by atoms with E-state index in [1.165, 1.54) is 0 Å². The Morgan fingerprint density at radius 3 is 1.96 bits per heavy atom. The first-order chi connectivity index (χ1) is 12.1. The van der Waals surface area contributed by atoms with Crippen LogP contribution in [-0.4, -0.2) is 25.0 Å². The molecule has 6 heteroatoms. The summed E-state index contributed by atoms with van der Waals surface area (Å²) in [7, 11) is -3.61. The highest BCUT2D eigenvalue weighted by atomic mass is 31.2. The van der Waals surface area contributed by atoms with Crippen LogP contribution in [0.1, 0.15) is 29.8 Å². The fraction of sp³-hybridized carbons (Fsp3) is 0.316. The highest BCUT2D eigenvalue weighted by molar-refractivity contribution is 7.54. The fourth-order valence-corrected chi connectivity index (χ4v) is 4.15. The Balaban J connectivity index is 2.27. The van der Waals surface area contributed by atoms with E-state index in [1.54, 1.807) is 38.1 Å². The fourth-order valence-electron chi connectivity index (χ4n) is 2.36. The molecule has 0 unspecified atom stereocenters. The summed E-state index contributed by atoms with van der Waals surface area (Å²) in [6.45, 7) is 3.85. The molecule has 0 N–H and O–H groups in total. The summed E-state index contributed by atoms with van der Waals surface area (Å²) in [6.07, 6.45) is 0.247. The first-order valence-electron chi connectivity index (χ1n) is 8.27. The molecule has 0 amide bonds. The van der Waals surface area contributed by atoms with Gasteiger partial charge in [-0.3, -0.25) is 4.57 Å². The molecular formula is C19H23O5P. The van der Waals surface area contributed by atoms with Gasteiger partial charge in [0.05, 0.1) is 18.8 Å². The van der Waals surface area contributed by atoms with Crippen molar-refractivity contribution in [2.45, 2.75) is 26.1 Å². The van der Waals surface area contributed by atoms with Crippen LogP contribution in [0.2, 0.25) is 0 Å². The molecule has 0 saturated heterocycles. The topological polar surface area (TPSA) is 61.8 Å². The third kappa shape index (κ3) is 5.53. The van der Waals surface area contributed by atoms with Gasteiger partial charge in [0.25, 0.3) is 0 Å². The number of esters is 1. The zero-order chi connectivity index (χ0) is 18.1. The SMILES string of the molecule is CCOP(=O)(OCC)[C@H](Cc1ccccc1)OC(=O)c1ccccc1. The molecule has 2 aromatic rings. The summed E-state index contributed by atoms with van der Waals surface area (Å²) < 4.78 is 29.5. The summed E-state index contributed by atoms with van der Waals surface area (Å²) in [4.78, 5) is 12.4. The molecule has 2 rings (SSSR count). The molecule has 0 aliphatic rings. The predicted octanol–water partition coefficient (Wildman–Crippen LogP) is 4.68. The Kier molecular flexibility index (Phi) is 7.38. The minimum Gasteiger partial charge on any atom is -0.445 e. The van der Waals surface area contributed by atoms with Crippen LogP contribution in [0, 0.1) is 0 Å². The zero-order valence-corrected chi connectivity index (χ0v) is 15.4. The minimum absolute atomic E-state index is 0.200. The van der Waals surface area contributed by atoms with Gasteiger partial charge in [0.15, 0.2) is 0 Å². The van der Waals surface area contributed by atoms with Gasteiger partial charge in [0, 0.05) is 6.42 Å². The molecule has 25 heavy (non-hydrogen) atoms. The van der Waals surface area contributed by atoms with Gasteiger partial charge in [-0.15, -0.1) is 0 Å². The van der Waals surface area contributed by atoms with Crippen molar-refractivity contribution in [1.29, 1.82) is 0 Å². The Labute approximate surface area is 148 Å². The van der Waals surface area contributed by atoms with Gasteiger partial charge >= 0.3 is 13.6 Å². The van der Waals surface area contributed by atoms with Crippen molar-refractivity contribution in [2.24, 2.45) is 0 Å². The Morgan fingerprint density at radius 2 is 1.44 bits per heavy atom. The number of benzene rings is 2. The van der Waals surface area contributed by atoms with E-state index >= 15 is 0 Å². The quantitative estimate of drug-likeness (QED) is 0.479. The van der Waals surface area contributed by atoms with E-state index in [2.05, 4.69) is 0 Å². The third-order valence-corrected chi connectivity index (χ3v) is 5.71. The molecule has 0 spiro atoms. The van der Waals surface area contributed by atoms with Crippen LogP contribution in [0.15, 0.2) is 60.7 Å². The van der Waals surface area contributed by atoms with Crippen LogP contribution in [0.5, 0.6) is 0 Å². The van der Waals surface area contributed by atoms with E-state index in [0.717, 1.165) is 5.56 Å². The lowest BCUT2D eigenvalue weighted by Crippen LogP contribution is -2.23. The number of hydrogen-bond acceptors (Lipinski definition) is 5. The molecule has 134 valence electrons. The molecule has 5 nitrogen and oxygen atoms in total. The molecule has 2 aromatic carbocycles. The summed E-state index contributed by atoms with van der Waals surface area (Å²) in [6, 6.07) is 18.0. The van der Waals surface area contributed by atoms with E-state index in [9.17, 15) is 9.36 Å². The van der Waals surface area contributed by atoms with Crippen LogP contribution >= 0.6 is 7.60 Å². The summed E-state index contributed by atoms with van der Waals surface area (Å²) in [5, 5.41) is 0. The third-order valence-electron chi connectivity index (χ3n) is 3.48. The lowest BCUT2D eigenvalue weighted by molar-refractivity contribution is 0.0368. The number of carbonyl (C=O) groups is 1. The summed E-state index contributed by atoms with van der Waals surface area (Å²) >= 11 is 0. The van der Waals surface area contributed by atoms with Crippen molar-refractivity contribution in [3.05, 3.63) is 71.8 Å². The lowest BCUT2D eigenvalue weighted by atomic mass is 10.2. The van der Waals surface area contributed by atoms with Crippen LogP contribution in [0.3, 0.4) is 0 Å². The molecule has 0 heterocycles. The van der Waals surface area contributed by atoms with Gasteiger partial charge in [-0.2, -0.15) is 0 Å². The molecule has 0 radical (unpaired) electrons. The van der Waals surface area contributed by atoms with E-state index < -0.39 is 19.4 Å². The minimum atomic E-state index is -3.61. The van der Waals surface area contributed by atoms with Crippen molar-refractivity contribution in [3.8, 4) is 0 Å². The Morgan fingerprint density at radius 1 is 0.920 bits per heavy atom. The molecule has 0 bridgehead atoms. The van der Waals surface area contributed by atoms with Crippen LogP contribution in [-0.2, 0) is 24.8 Å². The lowest BCUT2D eigenvalue weighted by Gasteiger charge is -2.26. The molecule has 0 aliphatic heterocycles. The standard InChI is InChI=1S/C19H23O5P/c1-3-22-25(21,23-4-2)18(15-16-11-7-5-8-12-16)24-19(20)17-13-9-6-10-14-17/h5-14,18H,3-4,15H2,1-2H3/t18-/m1/s1. The van der Waals surface area contributed by atoms with Crippen molar-refractivity contribution >= 4 is 13.6 Å².